The van der Waals surface area contributed by atoms with E-state index in [2.05, 4.69) is 6.58 Å². The van der Waals surface area contributed by atoms with Gasteiger partial charge in [0.15, 0.2) is 5.78 Å². The second-order valence-corrected chi connectivity index (χ2v) is 8.65. The summed E-state index contributed by atoms with van der Waals surface area (Å²) in [6, 6.07) is 0. The summed E-state index contributed by atoms with van der Waals surface area (Å²) in [5.74, 6) is -1.44. The van der Waals surface area contributed by atoms with Gasteiger partial charge in [0, 0.05) is 18.8 Å². The first-order valence-electron chi connectivity index (χ1n) is 8.92. The number of hydrogen-bond donors (Lipinski definition) is 0. The van der Waals surface area contributed by atoms with Crippen LogP contribution in [0.2, 0.25) is 0 Å². The Morgan fingerprint density at radius 2 is 2.00 bits per heavy atom. The molecule has 2 heterocycles. The molecule has 0 unspecified atom stereocenters. The van der Waals surface area contributed by atoms with Gasteiger partial charge in [-0.15, -0.1) is 0 Å². The number of carbonyl (C=O) groups excluding carboxylic acids is 3. The standard InChI is InChI=1S/C19H22O5/c1-7(2)8-4-9-12(10(20)5-8)17-16(21)15-14-11(6-19(15,3)24-17)23-18(22)13(9)14/h8-9,11-15,17H,1,4-6H2,2-3H3/t8-,9-,11+,12+,13-,14-,15-,17-,19-/m1/s1. The summed E-state index contributed by atoms with van der Waals surface area (Å²) in [7, 11) is 0. The van der Waals surface area contributed by atoms with Crippen LogP contribution in [0.5, 0.6) is 0 Å². The van der Waals surface area contributed by atoms with Crippen molar-refractivity contribution in [2.45, 2.75) is 50.9 Å². The molecule has 5 rings (SSSR count). The van der Waals surface area contributed by atoms with Crippen LogP contribution in [0.25, 0.3) is 0 Å². The number of Topliss-reactive ketones (excluding diaryl/α,β-unsaturated/α-hetero) is 2. The Morgan fingerprint density at radius 1 is 1.25 bits per heavy atom. The van der Waals surface area contributed by atoms with Crippen molar-refractivity contribution in [3.63, 3.8) is 0 Å². The minimum atomic E-state index is -0.664. The van der Waals surface area contributed by atoms with E-state index in [1.54, 1.807) is 0 Å². The zero-order chi connectivity index (χ0) is 17.0. The lowest BCUT2D eigenvalue weighted by Gasteiger charge is -2.41. The molecule has 2 saturated heterocycles. The van der Waals surface area contributed by atoms with Gasteiger partial charge in [-0.05, 0) is 32.1 Å². The van der Waals surface area contributed by atoms with Gasteiger partial charge in [0.1, 0.15) is 18.0 Å². The van der Waals surface area contributed by atoms with Crippen molar-refractivity contribution in [1.82, 2.24) is 0 Å². The summed E-state index contributed by atoms with van der Waals surface area (Å²) in [4.78, 5) is 38.6. The minimum Gasteiger partial charge on any atom is -0.462 e. The molecule has 0 N–H and O–H groups in total. The van der Waals surface area contributed by atoms with Gasteiger partial charge in [-0.1, -0.05) is 12.2 Å². The van der Waals surface area contributed by atoms with Gasteiger partial charge in [-0.3, -0.25) is 14.4 Å². The van der Waals surface area contributed by atoms with Crippen molar-refractivity contribution in [2.75, 3.05) is 0 Å². The lowest BCUT2D eigenvalue weighted by molar-refractivity contribution is -0.160. The van der Waals surface area contributed by atoms with Gasteiger partial charge in [0.25, 0.3) is 0 Å². The first kappa shape index (κ1) is 14.8. The summed E-state index contributed by atoms with van der Waals surface area (Å²) < 4.78 is 11.8. The zero-order valence-corrected chi connectivity index (χ0v) is 14.0. The molecule has 5 aliphatic rings. The molecule has 5 fully saturated rings. The molecule has 0 aromatic rings. The fraction of sp³-hybridized carbons (Fsp3) is 0.737. The Bertz CT molecular complexity index is 696. The smallest absolute Gasteiger partial charge is 0.309 e. The van der Waals surface area contributed by atoms with Crippen molar-refractivity contribution in [3.8, 4) is 0 Å². The fourth-order valence-corrected chi connectivity index (χ4v) is 6.39. The third kappa shape index (κ3) is 1.57. The topological polar surface area (TPSA) is 69.7 Å². The monoisotopic (exact) mass is 330 g/mol. The SMILES string of the molecule is C=C(C)[C@H]1CC(=O)[C@@H]2[C@@H](C1)[C@H]1C(=O)O[C@H]3C[C@@]4(C)O[C@H]2C(=O)[C@H]4[C@@H]13. The highest BCUT2D eigenvalue weighted by Crippen LogP contribution is 2.63. The molecule has 2 aliphatic heterocycles. The third-order valence-corrected chi connectivity index (χ3v) is 7.34. The van der Waals surface area contributed by atoms with E-state index < -0.39 is 17.6 Å². The maximum absolute atomic E-state index is 13.1. The summed E-state index contributed by atoms with van der Waals surface area (Å²) in [5.41, 5.74) is 0.398. The maximum Gasteiger partial charge on any atom is 0.309 e. The average Bonchev–Trinajstić information content (AvgIpc) is 2.99. The summed E-state index contributed by atoms with van der Waals surface area (Å²) >= 11 is 0. The Labute approximate surface area is 140 Å². The highest BCUT2D eigenvalue weighted by atomic mass is 16.6. The molecule has 0 spiro atoms. The van der Waals surface area contributed by atoms with Crippen molar-refractivity contribution < 1.29 is 23.9 Å². The molecule has 0 aromatic carbocycles. The Balaban J connectivity index is 1.66. The molecular formula is C19H22O5. The summed E-state index contributed by atoms with van der Waals surface area (Å²) in [5, 5.41) is 0. The molecule has 2 bridgehead atoms. The van der Waals surface area contributed by atoms with Crippen LogP contribution in [0.3, 0.4) is 0 Å². The van der Waals surface area contributed by atoms with Gasteiger partial charge in [0.05, 0.1) is 23.4 Å². The van der Waals surface area contributed by atoms with Crippen LogP contribution >= 0.6 is 0 Å². The molecule has 0 aromatic heterocycles. The summed E-state index contributed by atoms with van der Waals surface area (Å²) in [6.07, 6.45) is 0.806. The van der Waals surface area contributed by atoms with Gasteiger partial charge < -0.3 is 9.47 Å². The second-order valence-electron chi connectivity index (χ2n) is 8.65. The third-order valence-electron chi connectivity index (χ3n) is 7.34. The maximum atomic E-state index is 13.1. The molecule has 5 nitrogen and oxygen atoms in total. The number of fused-ring (bicyclic) bond motifs is 4. The fourth-order valence-electron chi connectivity index (χ4n) is 6.39. The minimum absolute atomic E-state index is 0.0305. The van der Waals surface area contributed by atoms with E-state index in [4.69, 9.17) is 9.47 Å². The molecule has 3 aliphatic carbocycles. The molecule has 0 radical (unpaired) electrons. The van der Waals surface area contributed by atoms with Gasteiger partial charge in [-0.25, -0.2) is 0 Å². The normalized spacial score (nSPS) is 54.5. The number of esters is 1. The molecule has 128 valence electrons. The number of hydrogen-bond acceptors (Lipinski definition) is 5. The molecule has 3 saturated carbocycles. The van der Waals surface area contributed by atoms with Crippen molar-refractivity contribution >= 4 is 17.5 Å². The number of allylic oxidation sites excluding steroid dienone is 1. The van der Waals surface area contributed by atoms with E-state index in [-0.39, 0.29) is 53.2 Å². The van der Waals surface area contributed by atoms with Crippen LogP contribution in [-0.4, -0.2) is 35.3 Å². The predicted octanol–water partition coefficient (Wildman–Crippen LogP) is 1.69. The van der Waals surface area contributed by atoms with Crippen LogP contribution in [0.15, 0.2) is 12.2 Å². The van der Waals surface area contributed by atoms with E-state index in [1.165, 1.54) is 0 Å². The Kier molecular flexibility index (Phi) is 2.70. The van der Waals surface area contributed by atoms with E-state index in [0.29, 0.717) is 12.8 Å². The molecule has 9 atom stereocenters. The Morgan fingerprint density at radius 3 is 2.71 bits per heavy atom. The van der Waals surface area contributed by atoms with Gasteiger partial charge in [0.2, 0.25) is 0 Å². The zero-order valence-electron chi connectivity index (χ0n) is 14.0. The quantitative estimate of drug-likeness (QED) is 0.540. The van der Waals surface area contributed by atoms with E-state index in [0.717, 1.165) is 12.0 Å². The van der Waals surface area contributed by atoms with E-state index in [9.17, 15) is 14.4 Å². The molecule has 0 amide bonds. The van der Waals surface area contributed by atoms with Crippen molar-refractivity contribution in [1.29, 1.82) is 0 Å². The van der Waals surface area contributed by atoms with Crippen LogP contribution in [0, 0.1) is 35.5 Å². The number of carbonyl (C=O) groups is 3. The molecule has 5 heteroatoms. The van der Waals surface area contributed by atoms with Crippen LogP contribution in [0.1, 0.15) is 33.1 Å². The Hall–Kier alpha value is -1.49. The van der Waals surface area contributed by atoms with Crippen LogP contribution in [0.4, 0.5) is 0 Å². The second kappa shape index (κ2) is 4.37. The number of ketones is 2. The van der Waals surface area contributed by atoms with Crippen molar-refractivity contribution in [2.24, 2.45) is 35.5 Å². The molecule has 24 heavy (non-hydrogen) atoms. The van der Waals surface area contributed by atoms with Crippen LogP contribution < -0.4 is 0 Å². The van der Waals surface area contributed by atoms with E-state index >= 15 is 0 Å². The average molecular weight is 330 g/mol. The molecular weight excluding hydrogens is 308 g/mol. The van der Waals surface area contributed by atoms with E-state index in [1.807, 2.05) is 13.8 Å². The summed E-state index contributed by atoms with van der Waals surface area (Å²) in [6.45, 7) is 7.89. The largest absolute Gasteiger partial charge is 0.462 e. The van der Waals surface area contributed by atoms with Gasteiger partial charge >= 0.3 is 5.97 Å². The lowest BCUT2D eigenvalue weighted by Crippen LogP contribution is -2.47. The number of ether oxygens (including phenoxy) is 2. The highest BCUT2D eigenvalue weighted by molar-refractivity contribution is 5.98. The number of rotatable bonds is 1. The predicted molar refractivity (Wildman–Crippen MR) is 82.8 cm³/mol. The highest BCUT2D eigenvalue weighted by Gasteiger charge is 2.74. The lowest BCUT2D eigenvalue weighted by atomic mass is 9.63. The first-order chi connectivity index (χ1) is 11.3. The van der Waals surface area contributed by atoms with Gasteiger partial charge in [-0.2, -0.15) is 0 Å². The van der Waals surface area contributed by atoms with Crippen molar-refractivity contribution in [3.05, 3.63) is 12.2 Å². The first-order valence-corrected chi connectivity index (χ1v) is 8.92. The van der Waals surface area contributed by atoms with Crippen LogP contribution in [-0.2, 0) is 23.9 Å².